The third-order valence-corrected chi connectivity index (χ3v) is 4.28. The first-order valence-electron chi connectivity index (χ1n) is 5.82. The highest BCUT2D eigenvalue weighted by Crippen LogP contribution is 2.34. The number of carbonyl (C=O) groups is 1. The topological polar surface area (TPSA) is 63.1 Å². The molecule has 0 saturated carbocycles. The summed E-state index contributed by atoms with van der Waals surface area (Å²) in [5, 5.41) is 11.2. The van der Waals surface area contributed by atoms with Crippen molar-refractivity contribution >= 4 is 39.8 Å². The molecule has 100 valence electrons. The number of aromatic nitrogens is 2. The Kier molecular flexibility index (Phi) is 3.16. The molecule has 6 heteroatoms. The molecule has 2 aromatic heterocycles. The number of aromatic carboxylic acids is 1. The molecule has 0 spiro atoms. The summed E-state index contributed by atoms with van der Waals surface area (Å²) in [6, 6.07) is 7.29. The Hall–Kier alpha value is -1.98. The summed E-state index contributed by atoms with van der Waals surface area (Å²) >= 11 is 7.49. The molecule has 1 N–H and O–H groups in total. The highest BCUT2D eigenvalue weighted by Gasteiger charge is 2.17. The van der Waals surface area contributed by atoms with E-state index in [4.69, 9.17) is 16.7 Å². The van der Waals surface area contributed by atoms with Crippen LogP contribution >= 0.6 is 22.9 Å². The zero-order chi connectivity index (χ0) is 14.3. The molecule has 0 aliphatic heterocycles. The molecule has 0 radical (unpaired) electrons. The van der Waals surface area contributed by atoms with E-state index in [1.54, 1.807) is 19.2 Å². The standard InChI is InChI=1S/C14H9ClN2O2S/c1-7-11(14(18)19)17-13(20-7)9-4-5-10(15)8-3-2-6-16-12(8)9/h2-6H,1H3,(H,18,19). The van der Waals surface area contributed by atoms with E-state index in [-0.39, 0.29) is 5.69 Å². The van der Waals surface area contributed by atoms with E-state index in [9.17, 15) is 4.79 Å². The zero-order valence-electron chi connectivity index (χ0n) is 10.4. The van der Waals surface area contributed by atoms with Gasteiger partial charge in [0.2, 0.25) is 0 Å². The molecular weight excluding hydrogens is 296 g/mol. The fourth-order valence-corrected chi connectivity index (χ4v) is 3.17. The number of aryl methyl sites for hydroxylation is 1. The van der Waals surface area contributed by atoms with Crippen LogP contribution in [0.25, 0.3) is 21.5 Å². The average Bonchev–Trinajstić information content (AvgIpc) is 2.81. The Balaban J connectivity index is 2.28. The fraction of sp³-hybridized carbons (Fsp3) is 0.0714. The molecule has 20 heavy (non-hydrogen) atoms. The van der Waals surface area contributed by atoms with Crippen LogP contribution in [0.3, 0.4) is 0 Å². The molecule has 0 aliphatic rings. The smallest absolute Gasteiger partial charge is 0.355 e. The van der Waals surface area contributed by atoms with Gasteiger partial charge in [0, 0.05) is 22.0 Å². The summed E-state index contributed by atoms with van der Waals surface area (Å²) < 4.78 is 0. The van der Waals surface area contributed by atoms with Gasteiger partial charge in [-0.25, -0.2) is 9.78 Å². The van der Waals surface area contributed by atoms with Crippen molar-refractivity contribution in [3.8, 4) is 10.6 Å². The maximum absolute atomic E-state index is 11.1. The van der Waals surface area contributed by atoms with E-state index in [1.807, 2.05) is 18.2 Å². The van der Waals surface area contributed by atoms with Gasteiger partial charge in [0.1, 0.15) is 5.01 Å². The zero-order valence-corrected chi connectivity index (χ0v) is 12.0. The van der Waals surface area contributed by atoms with Crippen LogP contribution in [0.4, 0.5) is 0 Å². The second-order valence-electron chi connectivity index (χ2n) is 4.22. The summed E-state index contributed by atoms with van der Waals surface area (Å²) in [6.45, 7) is 1.75. The summed E-state index contributed by atoms with van der Waals surface area (Å²) in [7, 11) is 0. The number of halogens is 1. The van der Waals surface area contributed by atoms with Gasteiger partial charge >= 0.3 is 5.97 Å². The molecule has 3 rings (SSSR count). The molecule has 0 aliphatic carbocycles. The molecule has 0 atom stereocenters. The molecule has 0 amide bonds. The van der Waals surface area contributed by atoms with E-state index in [1.165, 1.54) is 11.3 Å². The number of thiazole rings is 1. The van der Waals surface area contributed by atoms with E-state index >= 15 is 0 Å². The van der Waals surface area contributed by atoms with Crippen molar-refractivity contribution in [3.63, 3.8) is 0 Å². The number of pyridine rings is 1. The number of fused-ring (bicyclic) bond motifs is 1. The lowest BCUT2D eigenvalue weighted by molar-refractivity contribution is 0.0690. The molecule has 0 unspecified atom stereocenters. The van der Waals surface area contributed by atoms with Crippen LogP contribution in [0.15, 0.2) is 30.5 Å². The normalized spacial score (nSPS) is 10.9. The lowest BCUT2D eigenvalue weighted by Crippen LogP contribution is -1.98. The Morgan fingerprint density at radius 3 is 2.85 bits per heavy atom. The lowest BCUT2D eigenvalue weighted by atomic mass is 10.1. The molecule has 0 fully saturated rings. The Morgan fingerprint density at radius 2 is 2.15 bits per heavy atom. The summed E-state index contributed by atoms with van der Waals surface area (Å²) in [5.74, 6) is -1.02. The van der Waals surface area contributed by atoms with Gasteiger partial charge in [-0.3, -0.25) is 4.98 Å². The maximum atomic E-state index is 11.1. The van der Waals surface area contributed by atoms with Crippen LogP contribution in [0.2, 0.25) is 5.02 Å². The van der Waals surface area contributed by atoms with Gasteiger partial charge in [-0.1, -0.05) is 11.6 Å². The SMILES string of the molecule is Cc1sc(-c2ccc(Cl)c3cccnc23)nc1C(=O)O. The molecule has 1 aromatic carbocycles. The Bertz CT molecular complexity index is 829. The average molecular weight is 305 g/mol. The Morgan fingerprint density at radius 1 is 1.35 bits per heavy atom. The second kappa shape index (κ2) is 4.85. The van der Waals surface area contributed by atoms with Crippen molar-refractivity contribution in [2.75, 3.05) is 0 Å². The number of nitrogens with zero attached hydrogens (tertiary/aromatic N) is 2. The maximum Gasteiger partial charge on any atom is 0.355 e. The van der Waals surface area contributed by atoms with E-state index in [2.05, 4.69) is 9.97 Å². The highest BCUT2D eigenvalue weighted by molar-refractivity contribution is 7.15. The molecular formula is C14H9ClN2O2S. The van der Waals surface area contributed by atoms with Gasteiger partial charge in [0.15, 0.2) is 5.69 Å². The number of rotatable bonds is 2. The van der Waals surface area contributed by atoms with Gasteiger partial charge in [0.25, 0.3) is 0 Å². The van der Waals surface area contributed by atoms with Crippen LogP contribution in [0.5, 0.6) is 0 Å². The van der Waals surface area contributed by atoms with Gasteiger partial charge in [-0.2, -0.15) is 0 Å². The van der Waals surface area contributed by atoms with Gasteiger partial charge in [-0.05, 0) is 31.2 Å². The van der Waals surface area contributed by atoms with E-state index < -0.39 is 5.97 Å². The first kappa shape index (κ1) is 13.0. The minimum atomic E-state index is -1.02. The predicted molar refractivity (Wildman–Crippen MR) is 79.6 cm³/mol. The van der Waals surface area contributed by atoms with Crippen LogP contribution in [-0.2, 0) is 0 Å². The molecule has 3 aromatic rings. The van der Waals surface area contributed by atoms with Crippen molar-refractivity contribution in [2.45, 2.75) is 6.92 Å². The number of benzene rings is 1. The second-order valence-corrected chi connectivity index (χ2v) is 5.83. The lowest BCUT2D eigenvalue weighted by Gasteiger charge is -2.04. The van der Waals surface area contributed by atoms with Crippen molar-refractivity contribution in [1.82, 2.24) is 9.97 Å². The molecule has 0 bridgehead atoms. The minimum Gasteiger partial charge on any atom is -0.476 e. The van der Waals surface area contributed by atoms with Crippen molar-refractivity contribution < 1.29 is 9.90 Å². The molecule has 4 nitrogen and oxygen atoms in total. The van der Waals surface area contributed by atoms with Gasteiger partial charge < -0.3 is 5.11 Å². The quantitative estimate of drug-likeness (QED) is 0.776. The number of carboxylic acid groups (broad SMARTS) is 1. The highest BCUT2D eigenvalue weighted by atomic mass is 35.5. The first-order chi connectivity index (χ1) is 9.58. The predicted octanol–water partition coefficient (Wildman–Crippen LogP) is 4.02. The molecule has 2 heterocycles. The van der Waals surface area contributed by atoms with Crippen LogP contribution < -0.4 is 0 Å². The van der Waals surface area contributed by atoms with Crippen molar-refractivity contribution in [3.05, 3.63) is 46.1 Å². The number of carboxylic acids is 1. The van der Waals surface area contributed by atoms with Gasteiger partial charge in [-0.15, -0.1) is 11.3 Å². The van der Waals surface area contributed by atoms with Crippen LogP contribution in [0, 0.1) is 6.92 Å². The van der Waals surface area contributed by atoms with Crippen molar-refractivity contribution in [1.29, 1.82) is 0 Å². The summed E-state index contributed by atoms with van der Waals surface area (Å²) in [6.07, 6.45) is 1.68. The fourth-order valence-electron chi connectivity index (χ4n) is 2.02. The van der Waals surface area contributed by atoms with Gasteiger partial charge in [0.05, 0.1) is 10.5 Å². The molecule has 0 saturated heterocycles. The third-order valence-electron chi connectivity index (χ3n) is 2.95. The first-order valence-corrected chi connectivity index (χ1v) is 7.01. The third kappa shape index (κ3) is 2.05. The number of hydrogen-bond acceptors (Lipinski definition) is 4. The van der Waals surface area contributed by atoms with E-state index in [0.717, 1.165) is 16.5 Å². The summed E-state index contributed by atoms with van der Waals surface area (Å²) in [5.41, 5.74) is 1.61. The van der Waals surface area contributed by atoms with E-state index in [0.29, 0.717) is 14.9 Å². The summed E-state index contributed by atoms with van der Waals surface area (Å²) in [4.78, 5) is 20.3. The van der Waals surface area contributed by atoms with Crippen LogP contribution in [-0.4, -0.2) is 21.0 Å². The number of hydrogen-bond donors (Lipinski definition) is 1. The Labute approximate surface area is 123 Å². The monoisotopic (exact) mass is 304 g/mol. The van der Waals surface area contributed by atoms with Crippen molar-refractivity contribution in [2.24, 2.45) is 0 Å². The largest absolute Gasteiger partial charge is 0.476 e. The minimum absolute atomic E-state index is 0.0871. The van der Waals surface area contributed by atoms with Crippen LogP contribution in [0.1, 0.15) is 15.4 Å².